The number of nitrogens with one attached hydrogen (secondary N) is 2. The molecule has 0 radical (unpaired) electrons. The van der Waals surface area contributed by atoms with Gasteiger partial charge >= 0.3 is 0 Å². The molecule has 0 spiro atoms. The number of H-pyrrole nitrogens is 1. The lowest BCUT2D eigenvalue weighted by Gasteiger charge is -2.04. The van der Waals surface area contributed by atoms with Gasteiger partial charge in [0.1, 0.15) is 11.4 Å². The molecule has 0 fully saturated rings. The number of hydrogen-bond donors (Lipinski definition) is 3. The minimum absolute atomic E-state index is 0.0848. The zero-order valence-electron chi connectivity index (χ0n) is 13.5. The van der Waals surface area contributed by atoms with Crippen LogP contribution in [0.1, 0.15) is 16.1 Å². The predicted molar refractivity (Wildman–Crippen MR) is 97.0 cm³/mol. The monoisotopic (exact) mass is 346 g/mol. The van der Waals surface area contributed by atoms with Crippen LogP contribution in [-0.4, -0.2) is 27.4 Å². The number of amides is 1. The second kappa shape index (κ2) is 6.56. The number of carbonyl (C=O) groups is 1. The average Bonchev–Trinajstić information content (AvgIpc) is 3.35. The summed E-state index contributed by atoms with van der Waals surface area (Å²) in [4.78, 5) is 12.2. The normalized spacial score (nSPS) is 11.2. The average molecular weight is 346 g/mol. The molecule has 0 atom stereocenters. The van der Waals surface area contributed by atoms with Crippen LogP contribution in [0.3, 0.4) is 0 Å². The molecule has 0 aliphatic rings. The summed E-state index contributed by atoms with van der Waals surface area (Å²) in [7, 11) is 0. The van der Waals surface area contributed by atoms with E-state index in [-0.39, 0.29) is 11.4 Å². The lowest BCUT2D eigenvalue weighted by molar-refractivity contribution is 0.0950. The molecular formula is C19H14N4O3. The molecule has 2 heterocycles. The van der Waals surface area contributed by atoms with Crippen molar-refractivity contribution in [2.75, 3.05) is 0 Å². The Morgan fingerprint density at radius 2 is 2.08 bits per heavy atom. The van der Waals surface area contributed by atoms with Crippen molar-refractivity contribution in [2.24, 2.45) is 5.10 Å². The first-order chi connectivity index (χ1) is 12.7. The van der Waals surface area contributed by atoms with E-state index in [0.29, 0.717) is 17.0 Å². The van der Waals surface area contributed by atoms with E-state index in [1.54, 1.807) is 24.3 Å². The first kappa shape index (κ1) is 15.6. The highest BCUT2D eigenvalue weighted by atomic mass is 16.3. The van der Waals surface area contributed by atoms with Crippen LogP contribution in [0, 0.1) is 0 Å². The van der Waals surface area contributed by atoms with Crippen molar-refractivity contribution in [1.82, 2.24) is 15.6 Å². The second-order valence-electron chi connectivity index (χ2n) is 5.56. The van der Waals surface area contributed by atoms with Crippen molar-refractivity contribution in [3.8, 4) is 17.2 Å². The van der Waals surface area contributed by atoms with E-state index in [2.05, 4.69) is 20.7 Å². The van der Waals surface area contributed by atoms with Crippen LogP contribution >= 0.6 is 0 Å². The fourth-order valence-electron chi connectivity index (χ4n) is 2.63. The Morgan fingerprint density at radius 1 is 1.19 bits per heavy atom. The van der Waals surface area contributed by atoms with Gasteiger partial charge in [-0.3, -0.25) is 9.89 Å². The summed E-state index contributed by atoms with van der Waals surface area (Å²) in [6.45, 7) is 0. The van der Waals surface area contributed by atoms with Crippen LogP contribution in [-0.2, 0) is 0 Å². The minimum atomic E-state index is -0.477. The van der Waals surface area contributed by atoms with Gasteiger partial charge in [0, 0.05) is 11.6 Å². The van der Waals surface area contributed by atoms with Crippen molar-refractivity contribution in [2.45, 2.75) is 0 Å². The lowest BCUT2D eigenvalue weighted by Crippen LogP contribution is -2.18. The van der Waals surface area contributed by atoms with Gasteiger partial charge in [0.25, 0.3) is 5.91 Å². The van der Waals surface area contributed by atoms with Crippen LogP contribution in [0.4, 0.5) is 0 Å². The quantitative estimate of drug-likeness (QED) is 0.389. The number of nitrogens with zero attached hydrogens (tertiary/aromatic N) is 2. The van der Waals surface area contributed by atoms with Gasteiger partial charge in [0.2, 0.25) is 0 Å². The van der Waals surface area contributed by atoms with Crippen LogP contribution in [0.5, 0.6) is 5.75 Å². The molecule has 2 aromatic carbocycles. The number of aromatic hydroxyl groups is 1. The van der Waals surface area contributed by atoms with Gasteiger partial charge in [0.15, 0.2) is 11.5 Å². The predicted octanol–water partition coefficient (Wildman–Crippen LogP) is 3.29. The van der Waals surface area contributed by atoms with Crippen molar-refractivity contribution in [3.63, 3.8) is 0 Å². The van der Waals surface area contributed by atoms with Crippen molar-refractivity contribution in [1.29, 1.82) is 0 Å². The number of hydrogen-bond acceptors (Lipinski definition) is 5. The number of phenols is 1. The molecule has 0 bridgehead atoms. The summed E-state index contributed by atoms with van der Waals surface area (Å²) < 4.78 is 5.25. The van der Waals surface area contributed by atoms with Crippen molar-refractivity contribution < 1.29 is 14.3 Å². The Labute approximate surface area is 148 Å². The summed E-state index contributed by atoms with van der Waals surface area (Å²) in [5.41, 5.74) is 3.70. The molecule has 3 N–H and O–H groups in total. The van der Waals surface area contributed by atoms with E-state index in [0.717, 1.165) is 10.8 Å². The Kier molecular flexibility index (Phi) is 3.95. The second-order valence-corrected chi connectivity index (χ2v) is 5.56. The molecule has 26 heavy (non-hydrogen) atoms. The van der Waals surface area contributed by atoms with E-state index in [1.807, 2.05) is 30.3 Å². The maximum Gasteiger partial charge on any atom is 0.291 e. The first-order valence-electron chi connectivity index (χ1n) is 7.86. The van der Waals surface area contributed by atoms with Crippen LogP contribution in [0.15, 0.2) is 70.4 Å². The van der Waals surface area contributed by atoms with E-state index >= 15 is 0 Å². The molecule has 0 aliphatic heterocycles. The van der Waals surface area contributed by atoms with Crippen LogP contribution in [0.25, 0.3) is 22.2 Å². The van der Waals surface area contributed by atoms with Gasteiger partial charge in [-0.25, -0.2) is 5.43 Å². The van der Waals surface area contributed by atoms with Crippen LogP contribution < -0.4 is 5.43 Å². The van der Waals surface area contributed by atoms with Gasteiger partial charge < -0.3 is 9.52 Å². The summed E-state index contributed by atoms with van der Waals surface area (Å²) >= 11 is 0. The lowest BCUT2D eigenvalue weighted by atomic mass is 10.0. The van der Waals surface area contributed by atoms with Gasteiger partial charge in [-0.1, -0.05) is 30.3 Å². The van der Waals surface area contributed by atoms with E-state index in [9.17, 15) is 9.90 Å². The third-order valence-electron chi connectivity index (χ3n) is 3.90. The molecule has 1 amide bonds. The summed E-state index contributed by atoms with van der Waals surface area (Å²) in [5.74, 6) is 0.192. The molecule has 2 aromatic heterocycles. The summed E-state index contributed by atoms with van der Waals surface area (Å²) in [5, 5.41) is 22.5. The number of aromatic amines is 1. The van der Waals surface area contributed by atoms with E-state index in [1.165, 1.54) is 12.5 Å². The molecular weight excluding hydrogens is 332 g/mol. The molecule has 7 nitrogen and oxygen atoms in total. The van der Waals surface area contributed by atoms with Gasteiger partial charge in [-0.05, 0) is 29.0 Å². The highest BCUT2D eigenvalue weighted by Gasteiger charge is 2.12. The number of phenolic OH excluding ortho intramolecular Hbond substituents is 1. The van der Waals surface area contributed by atoms with Crippen LogP contribution in [0.2, 0.25) is 0 Å². The molecule has 128 valence electrons. The SMILES string of the molecule is O=C(N/N=C\c1c(O)ccc2ccccc12)c1cc(-c2ccco2)[nH]n1. The third kappa shape index (κ3) is 2.93. The largest absolute Gasteiger partial charge is 0.507 e. The Morgan fingerprint density at radius 3 is 2.92 bits per heavy atom. The fraction of sp³-hybridized carbons (Fsp3) is 0. The zero-order valence-corrected chi connectivity index (χ0v) is 13.5. The third-order valence-corrected chi connectivity index (χ3v) is 3.90. The highest BCUT2D eigenvalue weighted by Crippen LogP contribution is 2.25. The molecule has 0 saturated heterocycles. The molecule has 4 rings (SSSR count). The van der Waals surface area contributed by atoms with E-state index < -0.39 is 5.91 Å². The smallest absolute Gasteiger partial charge is 0.291 e. The summed E-state index contributed by atoms with van der Waals surface area (Å²) in [6.07, 6.45) is 2.95. The van der Waals surface area contributed by atoms with Crippen molar-refractivity contribution in [3.05, 3.63) is 72.1 Å². The maximum absolute atomic E-state index is 12.2. The fourth-order valence-corrected chi connectivity index (χ4v) is 2.63. The topological polar surface area (TPSA) is 104 Å². The zero-order chi connectivity index (χ0) is 17.9. The van der Waals surface area contributed by atoms with Gasteiger partial charge in [-0.2, -0.15) is 10.2 Å². The highest BCUT2D eigenvalue weighted by molar-refractivity contribution is 6.03. The molecule has 7 heteroatoms. The molecule has 0 aliphatic carbocycles. The van der Waals surface area contributed by atoms with E-state index in [4.69, 9.17) is 4.42 Å². The number of fused-ring (bicyclic) bond motifs is 1. The number of aromatic nitrogens is 2. The molecule has 0 saturated carbocycles. The minimum Gasteiger partial charge on any atom is -0.507 e. The Bertz CT molecular complexity index is 1100. The summed E-state index contributed by atoms with van der Waals surface area (Å²) in [6, 6.07) is 16.1. The number of furan rings is 1. The maximum atomic E-state index is 12.2. The van der Waals surface area contributed by atoms with Gasteiger partial charge in [0.05, 0.1) is 12.5 Å². The first-order valence-corrected chi connectivity index (χ1v) is 7.86. The van der Waals surface area contributed by atoms with Crippen molar-refractivity contribution >= 4 is 22.9 Å². The van der Waals surface area contributed by atoms with Gasteiger partial charge in [-0.15, -0.1) is 0 Å². The Hall–Kier alpha value is -3.87. The Balaban J connectivity index is 1.52. The number of rotatable bonds is 4. The number of benzene rings is 2. The standard InChI is InChI=1S/C19H14N4O3/c24-17-8-7-12-4-1-2-5-13(12)14(17)11-20-23-19(25)16-10-15(21-22-16)18-6-3-9-26-18/h1-11,24H,(H,21,22)(H,23,25)/b20-11-. The molecule has 4 aromatic rings. The molecule has 0 unspecified atom stereocenters. The number of hydrazone groups is 1. The number of carbonyl (C=O) groups excluding carboxylic acids is 1.